The number of hydrogen-bond acceptors (Lipinski definition) is 1. The monoisotopic (exact) mass is 123 g/mol. The number of allylic oxidation sites excluding steroid dienone is 2. The lowest BCUT2D eigenvalue weighted by Gasteiger charge is -1.88. The van der Waals surface area contributed by atoms with Crippen LogP contribution in [0.1, 0.15) is 32.6 Å². The molecule has 0 fully saturated rings. The van der Waals surface area contributed by atoms with E-state index in [1.807, 2.05) is 12.1 Å². The van der Waals surface area contributed by atoms with E-state index in [9.17, 15) is 0 Å². The van der Waals surface area contributed by atoms with Crippen molar-refractivity contribution in [3.8, 4) is 6.07 Å². The van der Waals surface area contributed by atoms with Gasteiger partial charge in [0.05, 0.1) is 6.07 Å². The molecule has 1 heteroatoms. The Balaban J connectivity index is 2.93. The summed E-state index contributed by atoms with van der Waals surface area (Å²) in [7, 11) is 0. The highest BCUT2D eigenvalue weighted by molar-refractivity contribution is 5.01. The molecule has 0 bridgehead atoms. The Bertz CT molecular complexity index is 108. The van der Waals surface area contributed by atoms with E-state index in [1.54, 1.807) is 6.08 Å². The highest BCUT2D eigenvalue weighted by Crippen LogP contribution is 1.98. The third-order valence-corrected chi connectivity index (χ3v) is 1.17. The summed E-state index contributed by atoms with van der Waals surface area (Å²) in [5, 5.41) is 8.09. The average molecular weight is 123 g/mol. The molecule has 0 aliphatic carbocycles. The zero-order valence-corrected chi connectivity index (χ0v) is 5.93. The molecule has 1 nitrogen and oxygen atoms in total. The van der Waals surface area contributed by atoms with Crippen LogP contribution in [0.3, 0.4) is 0 Å². The predicted octanol–water partition coefficient (Wildman–Crippen LogP) is 2.65. The molecule has 0 N–H and O–H groups in total. The minimum absolute atomic E-state index is 1.06. The maximum absolute atomic E-state index is 8.09. The minimum atomic E-state index is 1.06. The van der Waals surface area contributed by atoms with Crippen LogP contribution in [0.15, 0.2) is 12.2 Å². The Kier molecular flexibility index (Phi) is 6.61. The summed E-state index contributed by atoms with van der Waals surface area (Å²) in [6.45, 7) is 2.17. The van der Waals surface area contributed by atoms with E-state index in [4.69, 9.17) is 5.26 Å². The van der Waals surface area contributed by atoms with Crippen molar-refractivity contribution in [2.24, 2.45) is 0 Å². The summed E-state index contributed by atoms with van der Waals surface area (Å²) >= 11 is 0. The van der Waals surface area contributed by atoms with Gasteiger partial charge in [0, 0.05) is 6.08 Å². The van der Waals surface area contributed by atoms with Crippen molar-refractivity contribution in [2.75, 3.05) is 0 Å². The fourth-order valence-electron chi connectivity index (χ4n) is 0.648. The first-order valence-electron chi connectivity index (χ1n) is 3.46. The van der Waals surface area contributed by atoms with Crippen LogP contribution in [-0.4, -0.2) is 0 Å². The SMILES string of the molecule is CCCCC/C=C/C#N. The van der Waals surface area contributed by atoms with Crippen LogP contribution >= 0.6 is 0 Å². The van der Waals surface area contributed by atoms with E-state index in [-0.39, 0.29) is 0 Å². The molecule has 0 aromatic rings. The zero-order chi connectivity index (χ0) is 6.95. The summed E-state index contributed by atoms with van der Waals surface area (Å²) in [6, 6.07) is 1.96. The summed E-state index contributed by atoms with van der Waals surface area (Å²) in [5.74, 6) is 0. The van der Waals surface area contributed by atoms with Gasteiger partial charge in [-0.05, 0) is 12.8 Å². The van der Waals surface area contributed by atoms with Gasteiger partial charge in [0.1, 0.15) is 0 Å². The van der Waals surface area contributed by atoms with Gasteiger partial charge in [0.2, 0.25) is 0 Å². The number of rotatable bonds is 4. The molecule has 0 radical (unpaired) electrons. The van der Waals surface area contributed by atoms with E-state index >= 15 is 0 Å². The maximum Gasteiger partial charge on any atom is 0.0908 e. The molecule has 50 valence electrons. The second-order valence-electron chi connectivity index (χ2n) is 2.03. The number of nitriles is 1. The van der Waals surface area contributed by atoms with Crippen molar-refractivity contribution in [3.05, 3.63) is 12.2 Å². The van der Waals surface area contributed by atoms with Gasteiger partial charge < -0.3 is 0 Å². The summed E-state index contributed by atoms with van der Waals surface area (Å²) in [5.41, 5.74) is 0. The van der Waals surface area contributed by atoms with Crippen LogP contribution in [0.25, 0.3) is 0 Å². The molecule has 0 aromatic heterocycles. The van der Waals surface area contributed by atoms with Gasteiger partial charge in [-0.2, -0.15) is 5.26 Å². The maximum atomic E-state index is 8.09. The standard InChI is InChI=1S/C8H13N/c1-2-3-4-5-6-7-8-9/h6-7H,2-5H2,1H3/b7-6+. The fraction of sp³-hybridized carbons (Fsp3) is 0.625. The molecule has 0 rings (SSSR count). The van der Waals surface area contributed by atoms with Gasteiger partial charge in [-0.25, -0.2) is 0 Å². The van der Waals surface area contributed by atoms with Gasteiger partial charge in [0.25, 0.3) is 0 Å². The first-order chi connectivity index (χ1) is 4.41. The van der Waals surface area contributed by atoms with E-state index in [0.717, 1.165) is 6.42 Å². The van der Waals surface area contributed by atoms with E-state index in [0.29, 0.717) is 0 Å². The van der Waals surface area contributed by atoms with Crippen LogP contribution in [0.4, 0.5) is 0 Å². The summed E-state index contributed by atoms with van der Waals surface area (Å²) < 4.78 is 0. The Morgan fingerprint density at radius 1 is 1.44 bits per heavy atom. The third-order valence-electron chi connectivity index (χ3n) is 1.17. The van der Waals surface area contributed by atoms with Crippen LogP contribution in [-0.2, 0) is 0 Å². The zero-order valence-electron chi connectivity index (χ0n) is 5.93. The molecule has 0 saturated heterocycles. The van der Waals surface area contributed by atoms with Gasteiger partial charge in [-0.15, -0.1) is 0 Å². The van der Waals surface area contributed by atoms with Crippen molar-refractivity contribution >= 4 is 0 Å². The quantitative estimate of drug-likeness (QED) is 0.416. The van der Waals surface area contributed by atoms with Crippen molar-refractivity contribution in [1.82, 2.24) is 0 Å². The van der Waals surface area contributed by atoms with Crippen LogP contribution in [0, 0.1) is 11.3 Å². The highest BCUT2D eigenvalue weighted by Gasteiger charge is 1.79. The lowest BCUT2D eigenvalue weighted by molar-refractivity contribution is 0.729. The molecule has 0 aromatic carbocycles. The Hall–Kier alpha value is -0.770. The highest BCUT2D eigenvalue weighted by atomic mass is 14.2. The largest absolute Gasteiger partial charge is 0.193 e. The van der Waals surface area contributed by atoms with Gasteiger partial charge >= 0.3 is 0 Å². The Morgan fingerprint density at radius 2 is 2.22 bits per heavy atom. The second kappa shape index (κ2) is 7.23. The van der Waals surface area contributed by atoms with Gasteiger partial charge in [-0.1, -0.05) is 25.8 Å². The molecule has 0 aliphatic rings. The molecule has 0 amide bonds. The second-order valence-corrected chi connectivity index (χ2v) is 2.03. The van der Waals surface area contributed by atoms with Crippen LogP contribution < -0.4 is 0 Å². The van der Waals surface area contributed by atoms with Crippen LogP contribution in [0.5, 0.6) is 0 Å². The van der Waals surface area contributed by atoms with E-state index < -0.39 is 0 Å². The number of nitrogens with zero attached hydrogens (tertiary/aromatic N) is 1. The third kappa shape index (κ3) is 7.23. The van der Waals surface area contributed by atoms with Crippen molar-refractivity contribution in [1.29, 1.82) is 5.26 Å². The van der Waals surface area contributed by atoms with E-state index in [2.05, 4.69) is 6.92 Å². The number of hydrogen-bond donors (Lipinski definition) is 0. The Morgan fingerprint density at radius 3 is 2.78 bits per heavy atom. The molecular weight excluding hydrogens is 110 g/mol. The van der Waals surface area contributed by atoms with E-state index in [1.165, 1.54) is 19.3 Å². The first kappa shape index (κ1) is 8.23. The van der Waals surface area contributed by atoms with Gasteiger partial charge in [0.15, 0.2) is 0 Å². The van der Waals surface area contributed by atoms with Crippen LogP contribution in [0.2, 0.25) is 0 Å². The smallest absolute Gasteiger partial charge is 0.0908 e. The predicted molar refractivity (Wildman–Crippen MR) is 38.9 cm³/mol. The Labute approximate surface area is 57.0 Å². The molecular formula is C8H13N. The number of unbranched alkanes of at least 4 members (excludes halogenated alkanes) is 3. The summed E-state index contributed by atoms with van der Waals surface area (Å²) in [6.07, 6.45) is 8.28. The summed E-state index contributed by atoms with van der Waals surface area (Å²) in [4.78, 5) is 0. The topological polar surface area (TPSA) is 23.8 Å². The average Bonchev–Trinajstić information content (AvgIpc) is 1.89. The molecule has 0 heterocycles. The molecule has 0 unspecified atom stereocenters. The van der Waals surface area contributed by atoms with Crippen molar-refractivity contribution in [3.63, 3.8) is 0 Å². The van der Waals surface area contributed by atoms with Crippen molar-refractivity contribution < 1.29 is 0 Å². The molecule has 0 saturated carbocycles. The molecule has 0 spiro atoms. The normalized spacial score (nSPS) is 9.78. The molecule has 9 heavy (non-hydrogen) atoms. The lowest BCUT2D eigenvalue weighted by atomic mass is 10.2. The van der Waals surface area contributed by atoms with Crippen molar-refractivity contribution in [2.45, 2.75) is 32.6 Å². The first-order valence-corrected chi connectivity index (χ1v) is 3.46. The van der Waals surface area contributed by atoms with Gasteiger partial charge in [-0.3, -0.25) is 0 Å². The fourth-order valence-corrected chi connectivity index (χ4v) is 0.648. The minimum Gasteiger partial charge on any atom is -0.193 e. The lowest BCUT2D eigenvalue weighted by Crippen LogP contribution is -1.69. The molecule has 0 atom stereocenters. The molecule has 0 aliphatic heterocycles.